The van der Waals surface area contributed by atoms with Crippen molar-refractivity contribution in [1.82, 2.24) is 10.6 Å². The van der Waals surface area contributed by atoms with E-state index in [4.69, 9.17) is 4.74 Å². The van der Waals surface area contributed by atoms with Crippen molar-refractivity contribution in [3.05, 3.63) is 65.2 Å². The highest BCUT2D eigenvalue weighted by Gasteiger charge is 2.29. The Bertz CT molecular complexity index is 930. The number of carbonyl (C=O) groups excluding carboxylic acids is 1. The highest BCUT2D eigenvalue weighted by Crippen LogP contribution is 2.29. The number of hydrogen-bond donors (Lipinski definition) is 3. The number of ether oxygens (including phenoxy) is 1. The molecule has 0 spiro atoms. The van der Waals surface area contributed by atoms with E-state index < -0.39 is 11.7 Å². The first-order chi connectivity index (χ1) is 15.3. The predicted molar refractivity (Wildman–Crippen MR) is 133 cm³/mol. The van der Waals surface area contributed by atoms with Crippen molar-refractivity contribution in [2.45, 2.75) is 38.1 Å². The van der Waals surface area contributed by atoms with Gasteiger partial charge in [-0.05, 0) is 54.7 Å². The number of anilines is 1. The van der Waals surface area contributed by atoms with Gasteiger partial charge in [-0.3, -0.25) is 9.79 Å². The van der Waals surface area contributed by atoms with Gasteiger partial charge in [0.15, 0.2) is 5.96 Å². The second-order valence-corrected chi connectivity index (χ2v) is 7.49. The Balaban J connectivity index is 0.00000385. The van der Waals surface area contributed by atoms with Gasteiger partial charge in [-0.25, -0.2) is 0 Å². The third kappa shape index (κ3) is 8.50. The van der Waals surface area contributed by atoms with Crippen molar-refractivity contribution in [2.75, 3.05) is 25.5 Å². The number of aliphatic imine (C=N–C) groups is 1. The molecule has 180 valence electrons. The summed E-state index contributed by atoms with van der Waals surface area (Å²) in [5, 5.41) is 9.22. The van der Waals surface area contributed by atoms with Gasteiger partial charge in [0.05, 0.1) is 5.56 Å². The lowest BCUT2D eigenvalue weighted by Gasteiger charge is -2.14. The maximum atomic E-state index is 12.6. The van der Waals surface area contributed by atoms with Gasteiger partial charge in [0.2, 0.25) is 0 Å². The van der Waals surface area contributed by atoms with E-state index in [2.05, 4.69) is 20.9 Å². The number of nitrogens with one attached hydrogen (secondary N) is 3. The van der Waals surface area contributed by atoms with Crippen LogP contribution in [-0.2, 0) is 28.7 Å². The fraction of sp³-hybridized carbons (Fsp3) is 0.391. The Morgan fingerprint density at radius 3 is 2.52 bits per heavy atom. The zero-order valence-electron chi connectivity index (χ0n) is 18.2. The number of amides is 1. The van der Waals surface area contributed by atoms with Gasteiger partial charge in [-0.1, -0.05) is 24.3 Å². The Hall–Kier alpha value is -2.34. The third-order valence-electron chi connectivity index (χ3n) is 5.09. The van der Waals surface area contributed by atoms with Gasteiger partial charge in [0, 0.05) is 32.4 Å². The lowest BCUT2D eigenvalue weighted by atomic mass is 10.1. The van der Waals surface area contributed by atoms with Crippen LogP contribution in [0.15, 0.2) is 53.5 Å². The molecule has 0 bridgehead atoms. The van der Waals surface area contributed by atoms with Gasteiger partial charge in [0.25, 0.3) is 5.91 Å². The molecule has 2 aromatic carbocycles. The molecule has 1 unspecified atom stereocenters. The molecule has 3 rings (SSSR count). The number of carbonyl (C=O) groups is 1. The molecule has 0 aromatic heterocycles. The lowest BCUT2D eigenvalue weighted by Crippen LogP contribution is -2.37. The van der Waals surface area contributed by atoms with Crippen molar-refractivity contribution in [2.24, 2.45) is 4.99 Å². The Morgan fingerprint density at radius 2 is 1.88 bits per heavy atom. The molecule has 1 heterocycles. The van der Waals surface area contributed by atoms with Crippen LogP contribution in [0.2, 0.25) is 0 Å². The summed E-state index contributed by atoms with van der Waals surface area (Å²) >= 11 is 0. The van der Waals surface area contributed by atoms with Crippen molar-refractivity contribution >= 4 is 41.5 Å². The summed E-state index contributed by atoms with van der Waals surface area (Å²) in [6, 6.07) is 12.7. The average molecular weight is 576 g/mol. The molecule has 1 atom stereocenters. The summed E-state index contributed by atoms with van der Waals surface area (Å²) in [5.41, 5.74) is 1.81. The smallest absolute Gasteiger partial charge is 0.368 e. The van der Waals surface area contributed by atoms with Crippen LogP contribution in [0.25, 0.3) is 0 Å². The minimum atomic E-state index is -4.33. The van der Waals surface area contributed by atoms with E-state index in [-0.39, 0.29) is 36.0 Å². The summed E-state index contributed by atoms with van der Waals surface area (Å²) in [5.74, 6) is 0.444. The number of hydrogen-bond acceptors (Lipinski definition) is 3. The molecule has 6 nitrogen and oxygen atoms in total. The average Bonchev–Trinajstić information content (AvgIpc) is 3.31. The Morgan fingerprint density at radius 1 is 1.12 bits per heavy atom. The standard InChI is InChI=1S/C23H27F3N4O2.HI/c1-27-22(28-12-11-16-7-9-18(10-8-16)23(24,25)26)29-15-17-4-2-5-19(14-17)30-21(31)20-6-3-13-32-20;/h2,4-5,7-10,14,20H,3,6,11-13,15H2,1H3,(H,30,31)(H2,27,28,29);1H. The minimum Gasteiger partial charge on any atom is -0.368 e. The highest BCUT2D eigenvalue weighted by atomic mass is 127. The number of guanidine groups is 1. The number of alkyl halides is 3. The van der Waals surface area contributed by atoms with E-state index in [0.29, 0.717) is 37.8 Å². The van der Waals surface area contributed by atoms with Gasteiger partial charge >= 0.3 is 6.18 Å². The maximum Gasteiger partial charge on any atom is 0.416 e. The van der Waals surface area contributed by atoms with Crippen molar-refractivity contribution in [3.8, 4) is 0 Å². The quantitative estimate of drug-likeness (QED) is 0.261. The van der Waals surface area contributed by atoms with Crippen molar-refractivity contribution in [1.29, 1.82) is 0 Å². The van der Waals surface area contributed by atoms with E-state index in [0.717, 1.165) is 36.1 Å². The maximum absolute atomic E-state index is 12.6. The molecule has 0 aliphatic carbocycles. The summed E-state index contributed by atoms with van der Waals surface area (Å²) in [4.78, 5) is 16.4. The molecule has 1 fully saturated rings. The Kier molecular flexibility index (Phi) is 10.4. The molecule has 10 heteroatoms. The van der Waals surface area contributed by atoms with Gasteiger partial charge in [-0.2, -0.15) is 13.2 Å². The molecular formula is C23H28F3IN4O2. The Labute approximate surface area is 208 Å². The third-order valence-corrected chi connectivity index (χ3v) is 5.09. The van der Waals surface area contributed by atoms with Gasteiger partial charge in [0.1, 0.15) is 6.10 Å². The van der Waals surface area contributed by atoms with E-state index in [9.17, 15) is 18.0 Å². The molecule has 1 aliphatic heterocycles. The van der Waals surface area contributed by atoms with E-state index >= 15 is 0 Å². The predicted octanol–water partition coefficient (Wildman–Crippen LogP) is 4.35. The molecule has 1 amide bonds. The number of nitrogens with zero attached hydrogens (tertiary/aromatic N) is 1. The fourth-order valence-electron chi connectivity index (χ4n) is 3.36. The van der Waals surface area contributed by atoms with Crippen LogP contribution >= 0.6 is 24.0 Å². The first-order valence-electron chi connectivity index (χ1n) is 10.5. The molecule has 33 heavy (non-hydrogen) atoms. The second-order valence-electron chi connectivity index (χ2n) is 7.49. The molecule has 2 aromatic rings. The van der Waals surface area contributed by atoms with Crippen molar-refractivity contribution < 1.29 is 22.7 Å². The zero-order chi connectivity index (χ0) is 23.0. The second kappa shape index (κ2) is 12.8. The minimum absolute atomic E-state index is 0. The molecule has 1 aliphatic rings. The summed E-state index contributed by atoms with van der Waals surface area (Å²) < 4.78 is 43.3. The van der Waals surface area contributed by atoms with Gasteiger partial charge < -0.3 is 20.7 Å². The molecule has 3 N–H and O–H groups in total. The topological polar surface area (TPSA) is 74.8 Å². The molecule has 0 radical (unpaired) electrons. The van der Waals surface area contributed by atoms with Crippen LogP contribution in [0, 0.1) is 0 Å². The summed E-state index contributed by atoms with van der Waals surface area (Å²) in [7, 11) is 1.64. The van der Waals surface area contributed by atoms with Gasteiger partial charge in [-0.15, -0.1) is 24.0 Å². The first kappa shape index (κ1) is 26.9. The van der Waals surface area contributed by atoms with Crippen LogP contribution < -0.4 is 16.0 Å². The van der Waals surface area contributed by atoms with E-state index in [1.54, 1.807) is 7.05 Å². The zero-order valence-corrected chi connectivity index (χ0v) is 20.6. The molecular weight excluding hydrogens is 548 g/mol. The van der Waals surface area contributed by atoms with Crippen LogP contribution in [0.3, 0.4) is 0 Å². The highest BCUT2D eigenvalue weighted by molar-refractivity contribution is 14.0. The molecule has 0 saturated carbocycles. The van der Waals surface area contributed by atoms with Crippen molar-refractivity contribution in [3.63, 3.8) is 0 Å². The number of rotatable bonds is 7. The van der Waals surface area contributed by atoms with Crippen LogP contribution in [0.4, 0.5) is 18.9 Å². The van der Waals surface area contributed by atoms with E-state index in [1.165, 1.54) is 12.1 Å². The monoisotopic (exact) mass is 576 g/mol. The first-order valence-corrected chi connectivity index (χ1v) is 10.5. The number of benzene rings is 2. The SMILES string of the molecule is CN=C(NCCc1ccc(C(F)(F)F)cc1)NCc1cccc(NC(=O)C2CCCO2)c1.I. The number of halogens is 4. The fourth-order valence-corrected chi connectivity index (χ4v) is 3.36. The van der Waals surface area contributed by atoms with Crippen LogP contribution in [0.5, 0.6) is 0 Å². The lowest BCUT2D eigenvalue weighted by molar-refractivity contribution is -0.137. The summed E-state index contributed by atoms with van der Waals surface area (Å²) in [6.07, 6.45) is -2.52. The summed E-state index contributed by atoms with van der Waals surface area (Å²) in [6.45, 7) is 1.62. The van der Waals surface area contributed by atoms with E-state index in [1.807, 2.05) is 24.3 Å². The van der Waals surface area contributed by atoms with Crippen LogP contribution in [0.1, 0.15) is 29.5 Å². The largest absolute Gasteiger partial charge is 0.416 e. The normalized spacial score (nSPS) is 16.1. The van der Waals surface area contributed by atoms with Crippen LogP contribution in [-0.4, -0.2) is 38.2 Å². The molecule has 1 saturated heterocycles.